The van der Waals surface area contributed by atoms with Crippen molar-refractivity contribution in [1.82, 2.24) is 0 Å². The molecule has 0 saturated carbocycles. The molecule has 1 unspecified atom stereocenters. The summed E-state index contributed by atoms with van der Waals surface area (Å²) in [4.78, 5) is 0. The molecule has 1 aromatic rings. The summed E-state index contributed by atoms with van der Waals surface area (Å²) in [5.41, 5.74) is 6.98. The first-order valence-corrected chi connectivity index (χ1v) is 6.64. The van der Waals surface area contributed by atoms with Crippen molar-refractivity contribution in [2.24, 2.45) is 5.73 Å². The van der Waals surface area contributed by atoms with Crippen molar-refractivity contribution >= 4 is 35.0 Å². The monoisotopic (exact) mass is 263 g/mol. The molecule has 0 saturated heterocycles. The van der Waals surface area contributed by atoms with E-state index in [0.717, 1.165) is 11.3 Å². The van der Waals surface area contributed by atoms with E-state index in [0.29, 0.717) is 15.3 Å². The quantitative estimate of drug-likeness (QED) is 0.884. The molecule has 4 heteroatoms. The minimum Gasteiger partial charge on any atom is -0.323 e. The Balaban J connectivity index is 2.73. The van der Waals surface area contributed by atoms with Gasteiger partial charge in [0.25, 0.3) is 0 Å². The fraction of sp³-hybridized carbons (Fsp3) is 0.455. The Kier molecular flexibility index (Phi) is 5.27. The van der Waals surface area contributed by atoms with Gasteiger partial charge in [0.05, 0.1) is 10.0 Å². The lowest BCUT2D eigenvalue weighted by atomic mass is 10.1. The molecule has 0 radical (unpaired) electrons. The van der Waals surface area contributed by atoms with E-state index in [-0.39, 0.29) is 6.04 Å². The zero-order valence-corrected chi connectivity index (χ0v) is 11.2. The van der Waals surface area contributed by atoms with Crippen LogP contribution in [-0.2, 0) is 0 Å². The highest BCUT2D eigenvalue weighted by Gasteiger charge is 2.12. The molecule has 0 aliphatic rings. The molecule has 0 fully saturated rings. The molecule has 0 aliphatic heterocycles. The second kappa shape index (κ2) is 6.00. The van der Waals surface area contributed by atoms with E-state index in [4.69, 9.17) is 28.9 Å². The maximum atomic E-state index is 6.08. The average molecular weight is 264 g/mol. The number of hydrogen-bond acceptors (Lipinski definition) is 2. The highest BCUT2D eigenvalue weighted by Crippen LogP contribution is 2.30. The summed E-state index contributed by atoms with van der Waals surface area (Å²) < 4.78 is 0. The summed E-state index contributed by atoms with van der Waals surface area (Å²) in [6.07, 6.45) is 0. The summed E-state index contributed by atoms with van der Waals surface area (Å²) >= 11 is 13.8. The zero-order valence-electron chi connectivity index (χ0n) is 8.84. The van der Waals surface area contributed by atoms with Gasteiger partial charge in [-0.15, -0.1) is 0 Å². The molecule has 1 rings (SSSR count). The summed E-state index contributed by atoms with van der Waals surface area (Å²) in [6, 6.07) is 5.53. The van der Waals surface area contributed by atoms with Gasteiger partial charge in [-0.2, -0.15) is 11.8 Å². The maximum Gasteiger partial charge on any atom is 0.0640 e. The highest BCUT2D eigenvalue weighted by atomic mass is 35.5. The fourth-order valence-corrected chi connectivity index (χ4v) is 2.41. The van der Waals surface area contributed by atoms with Gasteiger partial charge in [-0.05, 0) is 16.9 Å². The lowest BCUT2D eigenvalue weighted by Gasteiger charge is -2.15. The Morgan fingerprint density at radius 1 is 1.33 bits per heavy atom. The van der Waals surface area contributed by atoms with E-state index in [1.807, 2.05) is 23.9 Å². The number of hydrogen-bond donors (Lipinski definition) is 1. The third kappa shape index (κ3) is 3.87. The average Bonchev–Trinajstić information content (AvgIpc) is 2.18. The van der Waals surface area contributed by atoms with Crippen LogP contribution in [0.3, 0.4) is 0 Å². The van der Waals surface area contributed by atoms with Gasteiger partial charge < -0.3 is 5.73 Å². The minimum absolute atomic E-state index is 0.0522. The fourth-order valence-electron chi connectivity index (χ4n) is 1.19. The first-order chi connectivity index (χ1) is 7.02. The van der Waals surface area contributed by atoms with Crippen LogP contribution < -0.4 is 5.73 Å². The molecular weight excluding hydrogens is 249 g/mol. The lowest BCUT2D eigenvalue weighted by molar-refractivity contribution is 0.829. The molecule has 0 bridgehead atoms. The number of thioether (sulfide) groups is 1. The van der Waals surface area contributed by atoms with E-state index in [1.54, 1.807) is 6.07 Å². The summed E-state index contributed by atoms with van der Waals surface area (Å²) in [5, 5.41) is 1.73. The van der Waals surface area contributed by atoms with Crippen LogP contribution in [0.4, 0.5) is 0 Å². The van der Waals surface area contributed by atoms with Gasteiger partial charge in [-0.1, -0.05) is 49.2 Å². The van der Waals surface area contributed by atoms with Gasteiger partial charge in [-0.3, -0.25) is 0 Å². The molecule has 2 N–H and O–H groups in total. The number of rotatable bonds is 4. The third-order valence-corrected chi connectivity index (χ3v) is 4.04. The molecule has 15 heavy (non-hydrogen) atoms. The standard InChI is InChI=1S/C11H15Cl2NS/c1-7(2)15-6-10(14)8-4-3-5-9(12)11(8)13/h3-5,7,10H,6,14H2,1-2H3. The first-order valence-electron chi connectivity index (χ1n) is 4.83. The summed E-state index contributed by atoms with van der Waals surface area (Å²) in [7, 11) is 0. The molecule has 0 heterocycles. The molecule has 0 aromatic heterocycles. The smallest absolute Gasteiger partial charge is 0.0640 e. The summed E-state index contributed by atoms with van der Waals surface area (Å²) in [6.45, 7) is 4.30. The van der Waals surface area contributed by atoms with Crippen molar-refractivity contribution in [1.29, 1.82) is 0 Å². The van der Waals surface area contributed by atoms with Crippen molar-refractivity contribution in [2.45, 2.75) is 25.1 Å². The van der Waals surface area contributed by atoms with Crippen LogP contribution in [-0.4, -0.2) is 11.0 Å². The predicted octanol–water partition coefficient (Wildman–Crippen LogP) is 4.13. The molecule has 0 aliphatic carbocycles. The Bertz CT molecular complexity index is 328. The Morgan fingerprint density at radius 2 is 2.00 bits per heavy atom. The molecular formula is C11H15Cl2NS. The number of nitrogens with two attached hydrogens (primary N) is 1. The van der Waals surface area contributed by atoms with E-state index >= 15 is 0 Å². The van der Waals surface area contributed by atoms with E-state index in [1.165, 1.54) is 0 Å². The van der Waals surface area contributed by atoms with Crippen molar-refractivity contribution < 1.29 is 0 Å². The van der Waals surface area contributed by atoms with Gasteiger partial charge in [0, 0.05) is 11.8 Å². The summed E-state index contributed by atoms with van der Waals surface area (Å²) in [5.74, 6) is 0.859. The van der Waals surface area contributed by atoms with Crippen molar-refractivity contribution in [3.8, 4) is 0 Å². The van der Waals surface area contributed by atoms with Crippen molar-refractivity contribution in [2.75, 3.05) is 5.75 Å². The second-order valence-electron chi connectivity index (χ2n) is 3.63. The molecule has 0 amide bonds. The van der Waals surface area contributed by atoms with Crippen molar-refractivity contribution in [3.63, 3.8) is 0 Å². The van der Waals surface area contributed by atoms with Crippen LogP contribution in [0.1, 0.15) is 25.5 Å². The number of halogens is 2. The van der Waals surface area contributed by atoms with Crippen LogP contribution in [0.15, 0.2) is 18.2 Å². The molecule has 84 valence electrons. The van der Waals surface area contributed by atoms with Crippen LogP contribution in [0.2, 0.25) is 10.0 Å². The largest absolute Gasteiger partial charge is 0.323 e. The van der Waals surface area contributed by atoms with E-state index < -0.39 is 0 Å². The molecule has 1 atom stereocenters. The third-order valence-electron chi connectivity index (χ3n) is 1.99. The van der Waals surface area contributed by atoms with Crippen molar-refractivity contribution in [3.05, 3.63) is 33.8 Å². The first kappa shape index (κ1) is 13.2. The van der Waals surface area contributed by atoms with Gasteiger partial charge in [0.15, 0.2) is 0 Å². The van der Waals surface area contributed by atoms with Gasteiger partial charge in [-0.25, -0.2) is 0 Å². The van der Waals surface area contributed by atoms with E-state index in [9.17, 15) is 0 Å². The maximum absolute atomic E-state index is 6.08. The van der Waals surface area contributed by atoms with Crippen LogP contribution in [0.25, 0.3) is 0 Å². The highest BCUT2D eigenvalue weighted by molar-refractivity contribution is 7.99. The van der Waals surface area contributed by atoms with Gasteiger partial charge >= 0.3 is 0 Å². The topological polar surface area (TPSA) is 26.0 Å². The number of benzene rings is 1. The van der Waals surface area contributed by atoms with Gasteiger partial charge in [0.2, 0.25) is 0 Å². The Morgan fingerprint density at radius 3 is 2.60 bits per heavy atom. The predicted molar refractivity (Wildman–Crippen MR) is 71.0 cm³/mol. The lowest BCUT2D eigenvalue weighted by Crippen LogP contribution is -2.14. The normalized spacial score (nSPS) is 13.2. The minimum atomic E-state index is -0.0522. The SMILES string of the molecule is CC(C)SCC(N)c1cccc(Cl)c1Cl. The van der Waals surface area contributed by atoms with E-state index in [2.05, 4.69) is 13.8 Å². The zero-order chi connectivity index (χ0) is 11.4. The Hall–Kier alpha value is 0.110. The second-order valence-corrected chi connectivity index (χ2v) is 6.03. The molecule has 1 nitrogen and oxygen atoms in total. The van der Waals surface area contributed by atoms with Crippen LogP contribution in [0, 0.1) is 0 Å². The molecule has 1 aromatic carbocycles. The molecule has 0 spiro atoms. The van der Waals surface area contributed by atoms with Gasteiger partial charge in [0.1, 0.15) is 0 Å². The Labute approximate surface area is 105 Å². The van der Waals surface area contributed by atoms with Crippen LogP contribution >= 0.6 is 35.0 Å². The van der Waals surface area contributed by atoms with Crippen LogP contribution in [0.5, 0.6) is 0 Å².